The Morgan fingerprint density at radius 3 is 2.15 bits per heavy atom. The van der Waals surface area contributed by atoms with Crippen LogP contribution in [0.3, 0.4) is 0 Å². The van der Waals surface area contributed by atoms with Crippen molar-refractivity contribution in [1.29, 1.82) is 0 Å². The van der Waals surface area contributed by atoms with Gasteiger partial charge in [-0.15, -0.1) is 0 Å². The molecular weight excluding hydrogens is 264 g/mol. The highest BCUT2D eigenvalue weighted by Crippen LogP contribution is 2.09. The Bertz CT molecular complexity index is 384. The fraction of sp³-hybridized carbons (Fsp3) is 0.357. The number of carbonyl (C=O) groups is 1. The lowest BCUT2D eigenvalue weighted by atomic mass is 10.3. The van der Waals surface area contributed by atoms with Crippen LogP contribution in [0.2, 0.25) is 0 Å². The third-order valence-corrected chi connectivity index (χ3v) is 1.92. The molecule has 6 heteroatoms. The molecule has 0 saturated heterocycles. The van der Waals surface area contributed by atoms with Gasteiger partial charge in [-0.3, -0.25) is 0 Å². The average molecular weight is 284 g/mol. The number of para-hydroxylation sites is 1. The molecule has 3 N–H and O–H groups in total. The summed E-state index contributed by atoms with van der Waals surface area (Å²) in [5, 5.41) is 24.7. The van der Waals surface area contributed by atoms with Crippen LogP contribution in [-0.2, 0) is 9.53 Å². The smallest absolute Gasteiger partial charge is 0.334 e. The first-order valence-electron chi connectivity index (χ1n) is 6.03. The Labute approximate surface area is 117 Å². The molecule has 0 unspecified atom stereocenters. The van der Waals surface area contributed by atoms with Crippen LogP contribution in [0.1, 0.15) is 6.92 Å². The topological polar surface area (TPSA) is 96.2 Å². The largest absolute Gasteiger partial charge is 0.478 e. The van der Waals surface area contributed by atoms with E-state index < -0.39 is 5.97 Å². The molecule has 0 aliphatic heterocycles. The van der Waals surface area contributed by atoms with Crippen molar-refractivity contribution < 1.29 is 29.6 Å². The lowest BCUT2D eigenvalue weighted by molar-refractivity contribution is -0.132. The number of hydrogen-bond acceptors (Lipinski definition) is 5. The SMILES string of the molecule is CC(=COc1ccccc1)C(=O)O.OCCOCCO. The van der Waals surface area contributed by atoms with Crippen LogP contribution in [0.15, 0.2) is 42.2 Å². The summed E-state index contributed by atoms with van der Waals surface area (Å²) >= 11 is 0. The molecule has 0 heterocycles. The van der Waals surface area contributed by atoms with Gasteiger partial charge in [0, 0.05) is 0 Å². The van der Waals surface area contributed by atoms with E-state index in [0.29, 0.717) is 19.0 Å². The molecule has 0 bridgehead atoms. The van der Waals surface area contributed by atoms with E-state index in [0.717, 1.165) is 0 Å². The summed E-state index contributed by atoms with van der Waals surface area (Å²) in [6.45, 7) is 2.17. The van der Waals surface area contributed by atoms with Crippen molar-refractivity contribution in [2.45, 2.75) is 6.92 Å². The summed E-state index contributed by atoms with van der Waals surface area (Å²) in [5.74, 6) is -0.348. The van der Waals surface area contributed by atoms with E-state index in [4.69, 9.17) is 20.1 Å². The molecule has 0 aliphatic rings. The van der Waals surface area contributed by atoms with Crippen molar-refractivity contribution in [1.82, 2.24) is 0 Å². The molecule has 0 fully saturated rings. The van der Waals surface area contributed by atoms with Gasteiger partial charge in [0.15, 0.2) is 0 Å². The average Bonchev–Trinajstić information content (AvgIpc) is 2.47. The van der Waals surface area contributed by atoms with E-state index in [2.05, 4.69) is 4.74 Å². The first-order chi connectivity index (χ1) is 9.61. The second-order valence-electron chi connectivity index (χ2n) is 3.60. The second-order valence-corrected chi connectivity index (χ2v) is 3.60. The number of rotatable bonds is 7. The highest BCUT2D eigenvalue weighted by atomic mass is 16.5. The number of aliphatic hydroxyl groups excluding tert-OH is 2. The van der Waals surface area contributed by atoms with E-state index in [9.17, 15) is 4.79 Å². The van der Waals surface area contributed by atoms with Gasteiger partial charge in [0.05, 0.1) is 32.0 Å². The molecule has 0 aromatic heterocycles. The van der Waals surface area contributed by atoms with Gasteiger partial charge in [-0.1, -0.05) is 18.2 Å². The Kier molecular flexibility index (Phi) is 11.0. The van der Waals surface area contributed by atoms with Gasteiger partial charge in [-0.25, -0.2) is 4.79 Å². The maximum atomic E-state index is 10.4. The van der Waals surface area contributed by atoms with Crippen LogP contribution in [0.4, 0.5) is 0 Å². The minimum atomic E-state index is -0.976. The number of aliphatic carboxylic acids is 1. The molecule has 20 heavy (non-hydrogen) atoms. The summed E-state index contributed by atoms with van der Waals surface area (Å²) in [4.78, 5) is 10.4. The number of ether oxygens (including phenoxy) is 2. The van der Waals surface area contributed by atoms with Gasteiger partial charge in [-0.05, 0) is 19.1 Å². The number of aliphatic hydroxyl groups is 2. The lowest BCUT2D eigenvalue weighted by Gasteiger charge is -1.99. The van der Waals surface area contributed by atoms with Crippen molar-refractivity contribution in [3.05, 3.63) is 42.2 Å². The molecule has 1 rings (SSSR count). The molecule has 0 amide bonds. The standard InChI is InChI=1S/C10H10O3.C4H10O3/c1-8(10(11)12)7-13-9-5-3-2-4-6-9;5-1-3-7-4-2-6/h2-7H,1H3,(H,11,12);5-6H,1-4H2. The van der Waals surface area contributed by atoms with E-state index in [1.807, 2.05) is 18.2 Å². The zero-order chi connectivity index (χ0) is 15.2. The summed E-state index contributed by atoms with van der Waals surface area (Å²) in [6.07, 6.45) is 1.22. The highest BCUT2D eigenvalue weighted by Gasteiger charge is 1.99. The molecule has 0 radical (unpaired) electrons. The minimum absolute atomic E-state index is 0.0278. The monoisotopic (exact) mass is 284 g/mol. The minimum Gasteiger partial charge on any atom is -0.478 e. The summed E-state index contributed by atoms with van der Waals surface area (Å²) in [7, 11) is 0. The maximum Gasteiger partial charge on any atom is 0.334 e. The van der Waals surface area contributed by atoms with Crippen LogP contribution in [-0.4, -0.2) is 47.7 Å². The van der Waals surface area contributed by atoms with Crippen molar-refractivity contribution in [2.24, 2.45) is 0 Å². The van der Waals surface area contributed by atoms with E-state index in [1.54, 1.807) is 12.1 Å². The molecule has 112 valence electrons. The van der Waals surface area contributed by atoms with E-state index in [1.165, 1.54) is 13.2 Å². The van der Waals surface area contributed by atoms with Crippen molar-refractivity contribution in [3.63, 3.8) is 0 Å². The molecular formula is C14H20O6. The maximum absolute atomic E-state index is 10.4. The number of carboxylic acid groups (broad SMARTS) is 1. The van der Waals surface area contributed by atoms with Crippen molar-refractivity contribution in [3.8, 4) is 5.75 Å². The first kappa shape index (κ1) is 18.1. The molecule has 0 atom stereocenters. The van der Waals surface area contributed by atoms with Crippen molar-refractivity contribution in [2.75, 3.05) is 26.4 Å². The van der Waals surface area contributed by atoms with Crippen LogP contribution in [0.25, 0.3) is 0 Å². The van der Waals surface area contributed by atoms with Gasteiger partial charge in [0.25, 0.3) is 0 Å². The van der Waals surface area contributed by atoms with Gasteiger partial charge < -0.3 is 24.8 Å². The van der Waals surface area contributed by atoms with E-state index in [-0.39, 0.29) is 18.8 Å². The van der Waals surface area contributed by atoms with Crippen molar-refractivity contribution >= 4 is 5.97 Å². The first-order valence-corrected chi connectivity index (χ1v) is 6.03. The third-order valence-electron chi connectivity index (χ3n) is 1.92. The number of carboxylic acids is 1. The Morgan fingerprint density at radius 2 is 1.70 bits per heavy atom. The lowest BCUT2D eigenvalue weighted by Crippen LogP contribution is -2.03. The summed E-state index contributed by atoms with van der Waals surface area (Å²) < 4.78 is 9.72. The van der Waals surface area contributed by atoms with E-state index >= 15 is 0 Å². The van der Waals surface area contributed by atoms with Gasteiger partial charge in [0.2, 0.25) is 0 Å². The highest BCUT2D eigenvalue weighted by molar-refractivity contribution is 5.85. The predicted molar refractivity (Wildman–Crippen MR) is 73.5 cm³/mol. The Hall–Kier alpha value is -1.89. The number of benzene rings is 1. The number of hydrogen-bond donors (Lipinski definition) is 3. The fourth-order valence-corrected chi connectivity index (χ4v) is 0.937. The van der Waals surface area contributed by atoms with Gasteiger partial charge in [0.1, 0.15) is 12.0 Å². The molecule has 6 nitrogen and oxygen atoms in total. The molecule has 0 aliphatic carbocycles. The second kappa shape index (κ2) is 12.2. The third kappa shape index (κ3) is 10.1. The van der Waals surface area contributed by atoms with Crippen LogP contribution >= 0.6 is 0 Å². The normalized spacial score (nSPS) is 10.4. The fourth-order valence-electron chi connectivity index (χ4n) is 0.937. The Balaban J connectivity index is 0.000000441. The molecule has 0 spiro atoms. The molecule has 1 aromatic rings. The van der Waals surface area contributed by atoms with Crippen LogP contribution in [0.5, 0.6) is 5.75 Å². The van der Waals surface area contributed by atoms with Crippen LogP contribution in [0, 0.1) is 0 Å². The zero-order valence-electron chi connectivity index (χ0n) is 11.4. The quantitative estimate of drug-likeness (QED) is 0.393. The van der Waals surface area contributed by atoms with Gasteiger partial charge >= 0.3 is 5.97 Å². The Morgan fingerprint density at radius 1 is 1.15 bits per heavy atom. The predicted octanol–water partition coefficient (Wildman–Crippen LogP) is 1.04. The van der Waals surface area contributed by atoms with Crippen LogP contribution < -0.4 is 4.74 Å². The van der Waals surface area contributed by atoms with Gasteiger partial charge in [-0.2, -0.15) is 0 Å². The summed E-state index contributed by atoms with van der Waals surface area (Å²) in [6, 6.07) is 9.01. The zero-order valence-corrected chi connectivity index (χ0v) is 11.4. The molecule has 1 aromatic carbocycles. The molecule has 0 saturated carbocycles. The summed E-state index contributed by atoms with van der Waals surface area (Å²) in [5.41, 5.74) is 0.170.